The minimum atomic E-state index is 0.0724. The van der Waals surface area contributed by atoms with E-state index in [1.165, 1.54) is 12.0 Å². The van der Waals surface area contributed by atoms with Gasteiger partial charge < -0.3 is 14.7 Å². The fraction of sp³-hybridized carbons (Fsp3) is 0.579. The van der Waals surface area contributed by atoms with Crippen LogP contribution in [-0.2, 0) is 0 Å². The Hall–Kier alpha value is -2.04. The highest BCUT2D eigenvalue weighted by molar-refractivity contribution is 5.94. The number of rotatable bonds is 1. The van der Waals surface area contributed by atoms with Gasteiger partial charge in [0.1, 0.15) is 0 Å². The maximum absolute atomic E-state index is 12.7. The third-order valence-electron chi connectivity index (χ3n) is 5.22. The van der Waals surface area contributed by atoms with Crippen LogP contribution in [0, 0.1) is 13.8 Å². The van der Waals surface area contributed by atoms with Gasteiger partial charge >= 0.3 is 6.03 Å². The van der Waals surface area contributed by atoms with Crippen molar-refractivity contribution in [1.29, 1.82) is 0 Å². The zero-order chi connectivity index (χ0) is 17.1. The van der Waals surface area contributed by atoms with E-state index in [1.54, 1.807) is 0 Å². The van der Waals surface area contributed by atoms with Crippen molar-refractivity contribution < 1.29 is 9.59 Å². The van der Waals surface area contributed by atoms with Crippen molar-refractivity contribution in [1.82, 2.24) is 14.7 Å². The summed E-state index contributed by atoms with van der Waals surface area (Å²) in [5.74, 6) is 0.0724. The number of piperidine rings is 1. The van der Waals surface area contributed by atoms with E-state index < -0.39 is 0 Å². The first-order valence-electron chi connectivity index (χ1n) is 8.96. The molecule has 1 aromatic rings. The molecule has 2 fully saturated rings. The summed E-state index contributed by atoms with van der Waals surface area (Å²) in [6.45, 7) is 8.33. The molecule has 3 amide bonds. The lowest BCUT2D eigenvalue weighted by molar-refractivity contribution is 0.0633. The molecule has 0 N–H and O–H groups in total. The molecule has 3 rings (SSSR count). The lowest BCUT2D eigenvalue weighted by atomic mass is 10.1. The summed E-state index contributed by atoms with van der Waals surface area (Å²) in [4.78, 5) is 30.9. The number of carbonyl (C=O) groups excluding carboxylic acids is 2. The molecule has 0 saturated carbocycles. The SMILES string of the molecule is Cc1ccc(C(=O)N2CCN(C(=O)N3CCCCC3)CC2)cc1C. The van der Waals surface area contributed by atoms with Crippen molar-refractivity contribution in [2.75, 3.05) is 39.3 Å². The number of hydrogen-bond donors (Lipinski definition) is 0. The van der Waals surface area contributed by atoms with Gasteiger partial charge in [-0.3, -0.25) is 4.79 Å². The first kappa shape index (κ1) is 16.8. The maximum atomic E-state index is 12.7. The van der Waals surface area contributed by atoms with Crippen molar-refractivity contribution in [3.8, 4) is 0 Å². The second-order valence-corrected chi connectivity index (χ2v) is 6.91. The number of carbonyl (C=O) groups is 2. The summed E-state index contributed by atoms with van der Waals surface area (Å²) in [6, 6.07) is 6.00. The molecule has 0 aliphatic carbocycles. The van der Waals surface area contributed by atoms with Crippen molar-refractivity contribution in [3.05, 3.63) is 34.9 Å². The molecule has 0 bridgehead atoms. The fourth-order valence-electron chi connectivity index (χ4n) is 3.44. The van der Waals surface area contributed by atoms with Crippen LogP contribution in [0.1, 0.15) is 40.7 Å². The summed E-state index contributed by atoms with van der Waals surface area (Å²) < 4.78 is 0. The van der Waals surface area contributed by atoms with Crippen LogP contribution in [0.15, 0.2) is 18.2 Å². The Morgan fingerprint density at radius 2 is 1.33 bits per heavy atom. The van der Waals surface area contributed by atoms with Crippen molar-refractivity contribution in [2.45, 2.75) is 33.1 Å². The monoisotopic (exact) mass is 329 g/mol. The van der Waals surface area contributed by atoms with Gasteiger partial charge in [-0.05, 0) is 56.4 Å². The van der Waals surface area contributed by atoms with E-state index in [-0.39, 0.29) is 11.9 Å². The Morgan fingerprint density at radius 3 is 1.96 bits per heavy atom. The quantitative estimate of drug-likeness (QED) is 0.795. The van der Waals surface area contributed by atoms with Crippen LogP contribution in [0.25, 0.3) is 0 Å². The smallest absolute Gasteiger partial charge is 0.320 e. The zero-order valence-electron chi connectivity index (χ0n) is 14.8. The van der Waals surface area contributed by atoms with E-state index in [9.17, 15) is 9.59 Å². The molecule has 2 heterocycles. The van der Waals surface area contributed by atoms with Gasteiger partial charge in [0, 0.05) is 44.8 Å². The number of likely N-dealkylation sites (tertiary alicyclic amines) is 1. The Labute approximate surface area is 144 Å². The third kappa shape index (κ3) is 3.55. The summed E-state index contributed by atoms with van der Waals surface area (Å²) >= 11 is 0. The molecule has 24 heavy (non-hydrogen) atoms. The number of aryl methyl sites for hydroxylation is 2. The molecule has 0 spiro atoms. The summed E-state index contributed by atoms with van der Waals surface area (Å²) in [5.41, 5.74) is 3.08. The zero-order valence-corrected chi connectivity index (χ0v) is 14.8. The molecule has 130 valence electrons. The lowest BCUT2D eigenvalue weighted by Gasteiger charge is -2.38. The van der Waals surface area contributed by atoms with E-state index in [0.717, 1.165) is 37.1 Å². The predicted octanol–water partition coefficient (Wildman–Crippen LogP) is 2.67. The molecule has 2 saturated heterocycles. The fourth-order valence-corrected chi connectivity index (χ4v) is 3.44. The molecular formula is C19H27N3O2. The molecule has 5 nitrogen and oxygen atoms in total. The van der Waals surface area contributed by atoms with Gasteiger partial charge in [-0.1, -0.05) is 6.07 Å². The minimum absolute atomic E-state index is 0.0724. The number of urea groups is 1. The summed E-state index contributed by atoms with van der Waals surface area (Å²) in [6.07, 6.45) is 3.44. The number of piperazine rings is 1. The number of hydrogen-bond acceptors (Lipinski definition) is 2. The molecule has 2 aliphatic rings. The molecule has 2 aliphatic heterocycles. The Bertz CT molecular complexity index is 615. The molecular weight excluding hydrogens is 302 g/mol. The van der Waals surface area contributed by atoms with Gasteiger partial charge in [-0.2, -0.15) is 0 Å². The molecule has 1 aromatic carbocycles. The van der Waals surface area contributed by atoms with E-state index in [0.29, 0.717) is 26.2 Å². The third-order valence-corrected chi connectivity index (χ3v) is 5.22. The van der Waals surface area contributed by atoms with E-state index >= 15 is 0 Å². The van der Waals surface area contributed by atoms with Crippen LogP contribution in [0.4, 0.5) is 4.79 Å². The average molecular weight is 329 g/mol. The first-order chi connectivity index (χ1) is 11.6. The summed E-state index contributed by atoms with van der Waals surface area (Å²) in [7, 11) is 0. The van der Waals surface area contributed by atoms with Crippen LogP contribution in [0.2, 0.25) is 0 Å². The second-order valence-electron chi connectivity index (χ2n) is 6.91. The van der Waals surface area contributed by atoms with E-state index in [1.807, 2.05) is 39.8 Å². The highest BCUT2D eigenvalue weighted by Gasteiger charge is 2.28. The van der Waals surface area contributed by atoms with Crippen LogP contribution in [-0.4, -0.2) is 65.9 Å². The molecule has 0 unspecified atom stereocenters. The van der Waals surface area contributed by atoms with Crippen LogP contribution in [0.3, 0.4) is 0 Å². The number of amides is 3. The van der Waals surface area contributed by atoms with Gasteiger partial charge in [0.15, 0.2) is 0 Å². The van der Waals surface area contributed by atoms with Crippen molar-refractivity contribution in [3.63, 3.8) is 0 Å². The standard InChI is InChI=1S/C19H27N3O2/c1-15-6-7-17(14-16(15)2)18(23)20-10-12-22(13-11-20)19(24)21-8-4-3-5-9-21/h6-7,14H,3-5,8-13H2,1-2H3. The first-order valence-corrected chi connectivity index (χ1v) is 8.96. The van der Waals surface area contributed by atoms with Crippen molar-refractivity contribution >= 4 is 11.9 Å². The molecule has 5 heteroatoms. The number of nitrogens with zero attached hydrogens (tertiary/aromatic N) is 3. The summed E-state index contributed by atoms with van der Waals surface area (Å²) in [5, 5.41) is 0. The number of benzene rings is 1. The maximum Gasteiger partial charge on any atom is 0.320 e. The predicted molar refractivity (Wildman–Crippen MR) is 94.2 cm³/mol. The van der Waals surface area contributed by atoms with Gasteiger partial charge in [-0.15, -0.1) is 0 Å². The van der Waals surface area contributed by atoms with Crippen LogP contribution >= 0.6 is 0 Å². The Morgan fingerprint density at radius 1 is 0.750 bits per heavy atom. The highest BCUT2D eigenvalue weighted by atomic mass is 16.2. The second kappa shape index (κ2) is 7.24. The van der Waals surface area contributed by atoms with Crippen molar-refractivity contribution in [2.24, 2.45) is 0 Å². The average Bonchev–Trinajstić information content (AvgIpc) is 2.63. The largest absolute Gasteiger partial charge is 0.335 e. The Balaban J connectivity index is 1.57. The minimum Gasteiger partial charge on any atom is -0.335 e. The van der Waals surface area contributed by atoms with Gasteiger partial charge in [0.25, 0.3) is 5.91 Å². The van der Waals surface area contributed by atoms with E-state index in [2.05, 4.69) is 6.92 Å². The lowest BCUT2D eigenvalue weighted by Crippen LogP contribution is -2.54. The van der Waals surface area contributed by atoms with Gasteiger partial charge in [-0.25, -0.2) is 4.79 Å². The molecule has 0 radical (unpaired) electrons. The van der Waals surface area contributed by atoms with Crippen LogP contribution < -0.4 is 0 Å². The normalized spacial score (nSPS) is 18.7. The molecule has 0 aromatic heterocycles. The highest BCUT2D eigenvalue weighted by Crippen LogP contribution is 2.16. The van der Waals surface area contributed by atoms with E-state index in [4.69, 9.17) is 0 Å². The van der Waals surface area contributed by atoms with Gasteiger partial charge in [0.05, 0.1) is 0 Å². The molecule has 0 atom stereocenters. The Kier molecular flexibility index (Phi) is 5.07. The topological polar surface area (TPSA) is 43.9 Å². The van der Waals surface area contributed by atoms with Crippen LogP contribution in [0.5, 0.6) is 0 Å². The van der Waals surface area contributed by atoms with Gasteiger partial charge in [0.2, 0.25) is 0 Å².